The quantitative estimate of drug-likeness (QED) is 0.779. The zero-order valence-electron chi connectivity index (χ0n) is 8.46. The molecule has 82 valence electrons. The van der Waals surface area contributed by atoms with E-state index in [1.807, 2.05) is 0 Å². The summed E-state index contributed by atoms with van der Waals surface area (Å²) in [5.41, 5.74) is 0.422. The molecular weight excluding hydrogens is 209 g/mol. The van der Waals surface area contributed by atoms with Crippen molar-refractivity contribution in [2.24, 2.45) is 0 Å². The van der Waals surface area contributed by atoms with Gasteiger partial charge in [0.2, 0.25) is 5.91 Å². The van der Waals surface area contributed by atoms with Crippen molar-refractivity contribution in [1.82, 2.24) is 5.32 Å². The fraction of sp³-hybridized carbons (Fsp3) is 0.273. The van der Waals surface area contributed by atoms with Crippen molar-refractivity contribution in [3.8, 4) is 6.07 Å². The number of amides is 1. The minimum atomic E-state index is -0.551. The minimum Gasteiger partial charge on any atom is -0.379 e. The number of halogens is 1. The summed E-state index contributed by atoms with van der Waals surface area (Å²) in [7, 11) is 0. The average Bonchev–Trinajstić information content (AvgIpc) is 2.64. The standard InChI is InChI=1S/C11H10FN3O/c12-9-2-1-3-10(8(9)5-13)15-7-4-11(16)14-6-7/h1-3,7,15H,4,6H2,(H,14,16)/t7-/m1/s1. The van der Waals surface area contributed by atoms with E-state index in [-0.39, 0.29) is 17.5 Å². The van der Waals surface area contributed by atoms with Gasteiger partial charge in [0.15, 0.2) is 0 Å². The zero-order valence-corrected chi connectivity index (χ0v) is 8.46. The van der Waals surface area contributed by atoms with E-state index in [0.717, 1.165) is 0 Å². The second-order valence-corrected chi connectivity index (χ2v) is 3.62. The summed E-state index contributed by atoms with van der Waals surface area (Å²) >= 11 is 0. The lowest BCUT2D eigenvalue weighted by Crippen LogP contribution is -2.22. The van der Waals surface area contributed by atoms with E-state index >= 15 is 0 Å². The fourth-order valence-corrected chi connectivity index (χ4v) is 1.69. The van der Waals surface area contributed by atoms with Crippen molar-refractivity contribution in [1.29, 1.82) is 5.26 Å². The van der Waals surface area contributed by atoms with E-state index in [9.17, 15) is 9.18 Å². The Morgan fingerprint density at radius 3 is 3.00 bits per heavy atom. The number of rotatable bonds is 2. The average molecular weight is 219 g/mol. The Hall–Kier alpha value is -2.09. The van der Waals surface area contributed by atoms with Gasteiger partial charge in [-0.05, 0) is 12.1 Å². The van der Waals surface area contributed by atoms with Crippen molar-refractivity contribution in [2.75, 3.05) is 11.9 Å². The van der Waals surface area contributed by atoms with Crippen LogP contribution in [-0.4, -0.2) is 18.5 Å². The van der Waals surface area contributed by atoms with Crippen LogP contribution >= 0.6 is 0 Å². The molecule has 0 radical (unpaired) electrons. The largest absolute Gasteiger partial charge is 0.379 e. The lowest BCUT2D eigenvalue weighted by atomic mass is 10.1. The van der Waals surface area contributed by atoms with Gasteiger partial charge in [-0.1, -0.05) is 6.07 Å². The normalized spacial score (nSPS) is 19.0. The number of carbonyl (C=O) groups excluding carboxylic acids is 1. The first-order valence-electron chi connectivity index (χ1n) is 4.92. The van der Waals surface area contributed by atoms with Crippen LogP contribution in [0.25, 0.3) is 0 Å². The Morgan fingerprint density at radius 2 is 2.38 bits per heavy atom. The van der Waals surface area contributed by atoms with Crippen LogP contribution in [0.4, 0.5) is 10.1 Å². The number of nitrogens with one attached hydrogen (secondary N) is 2. The molecule has 1 aliphatic heterocycles. The van der Waals surface area contributed by atoms with Crippen molar-refractivity contribution in [2.45, 2.75) is 12.5 Å². The smallest absolute Gasteiger partial charge is 0.222 e. The molecule has 0 spiro atoms. The van der Waals surface area contributed by atoms with Gasteiger partial charge >= 0.3 is 0 Å². The van der Waals surface area contributed by atoms with Gasteiger partial charge in [0.1, 0.15) is 17.4 Å². The topological polar surface area (TPSA) is 64.9 Å². The summed E-state index contributed by atoms with van der Waals surface area (Å²) in [5, 5.41) is 14.5. The highest BCUT2D eigenvalue weighted by Gasteiger charge is 2.22. The maximum Gasteiger partial charge on any atom is 0.222 e. The van der Waals surface area contributed by atoms with Crippen molar-refractivity contribution in [3.05, 3.63) is 29.6 Å². The van der Waals surface area contributed by atoms with Crippen LogP contribution < -0.4 is 10.6 Å². The van der Waals surface area contributed by atoms with Crippen LogP contribution in [0.5, 0.6) is 0 Å². The molecule has 1 aromatic rings. The van der Waals surface area contributed by atoms with Crippen LogP contribution in [0.2, 0.25) is 0 Å². The minimum absolute atomic E-state index is 0.0122. The predicted octanol–water partition coefficient (Wildman–Crippen LogP) is 0.998. The number of nitriles is 1. The van der Waals surface area contributed by atoms with Crippen LogP contribution in [0, 0.1) is 17.1 Å². The van der Waals surface area contributed by atoms with E-state index < -0.39 is 5.82 Å². The van der Waals surface area contributed by atoms with E-state index in [2.05, 4.69) is 10.6 Å². The highest BCUT2D eigenvalue weighted by atomic mass is 19.1. The molecule has 0 saturated carbocycles. The van der Waals surface area contributed by atoms with Gasteiger partial charge in [0, 0.05) is 13.0 Å². The third-order valence-electron chi connectivity index (χ3n) is 2.46. The Balaban J connectivity index is 2.19. The van der Waals surface area contributed by atoms with Gasteiger partial charge in [-0.15, -0.1) is 0 Å². The highest BCUT2D eigenvalue weighted by Crippen LogP contribution is 2.19. The maximum atomic E-state index is 13.3. The molecule has 2 N–H and O–H groups in total. The molecule has 1 aliphatic rings. The van der Waals surface area contributed by atoms with E-state index in [1.165, 1.54) is 12.1 Å². The molecule has 1 amide bonds. The molecule has 5 heteroatoms. The molecule has 4 nitrogen and oxygen atoms in total. The van der Waals surface area contributed by atoms with Gasteiger partial charge in [0.05, 0.1) is 11.7 Å². The number of anilines is 1. The molecule has 0 aliphatic carbocycles. The molecule has 0 aromatic heterocycles. The second-order valence-electron chi connectivity index (χ2n) is 3.62. The van der Waals surface area contributed by atoms with Crippen LogP contribution in [-0.2, 0) is 4.79 Å². The second kappa shape index (κ2) is 4.19. The summed E-state index contributed by atoms with van der Waals surface area (Å²) in [6.07, 6.45) is 0.349. The Bertz CT molecular complexity index is 467. The first-order valence-corrected chi connectivity index (χ1v) is 4.92. The molecule has 0 unspecified atom stereocenters. The Morgan fingerprint density at radius 1 is 1.56 bits per heavy atom. The summed E-state index contributed by atoms with van der Waals surface area (Å²) in [6, 6.07) is 6.12. The number of hydrogen-bond acceptors (Lipinski definition) is 3. The van der Waals surface area contributed by atoms with Gasteiger partial charge in [-0.2, -0.15) is 5.26 Å². The molecule has 0 bridgehead atoms. The molecule has 2 rings (SSSR count). The van der Waals surface area contributed by atoms with Crippen LogP contribution in [0.1, 0.15) is 12.0 Å². The highest BCUT2D eigenvalue weighted by molar-refractivity contribution is 5.79. The molecular formula is C11H10FN3O. The maximum absolute atomic E-state index is 13.3. The van der Waals surface area contributed by atoms with E-state index in [1.54, 1.807) is 12.1 Å². The third kappa shape index (κ3) is 1.96. The van der Waals surface area contributed by atoms with Crippen molar-refractivity contribution >= 4 is 11.6 Å². The molecule has 1 fully saturated rings. The Labute approximate surface area is 92.1 Å². The lowest BCUT2D eigenvalue weighted by molar-refractivity contribution is -0.119. The summed E-state index contributed by atoms with van der Waals surface area (Å²) in [4.78, 5) is 11.0. The number of nitrogens with zero attached hydrogens (tertiary/aromatic N) is 1. The van der Waals surface area contributed by atoms with Gasteiger partial charge in [-0.3, -0.25) is 4.79 Å². The van der Waals surface area contributed by atoms with Gasteiger partial charge in [-0.25, -0.2) is 4.39 Å². The van der Waals surface area contributed by atoms with Gasteiger partial charge < -0.3 is 10.6 Å². The van der Waals surface area contributed by atoms with Crippen molar-refractivity contribution in [3.63, 3.8) is 0 Å². The zero-order chi connectivity index (χ0) is 11.5. The SMILES string of the molecule is N#Cc1c(F)cccc1N[C@H]1CNC(=O)C1. The van der Waals surface area contributed by atoms with E-state index in [0.29, 0.717) is 18.7 Å². The fourth-order valence-electron chi connectivity index (χ4n) is 1.69. The van der Waals surface area contributed by atoms with Crippen LogP contribution in [0.15, 0.2) is 18.2 Å². The number of carbonyl (C=O) groups is 1. The molecule has 1 saturated heterocycles. The number of benzene rings is 1. The monoisotopic (exact) mass is 219 g/mol. The van der Waals surface area contributed by atoms with Crippen LogP contribution in [0.3, 0.4) is 0 Å². The van der Waals surface area contributed by atoms with Gasteiger partial charge in [0.25, 0.3) is 0 Å². The molecule has 1 atom stereocenters. The molecule has 1 aromatic carbocycles. The molecule has 1 heterocycles. The first-order chi connectivity index (χ1) is 7.70. The van der Waals surface area contributed by atoms with E-state index in [4.69, 9.17) is 5.26 Å². The summed E-state index contributed by atoms with van der Waals surface area (Å²) in [6.45, 7) is 0.500. The molecule has 16 heavy (non-hydrogen) atoms. The predicted molar refractivity (Wildman–Crippen MR) is 56.2 cm³/mol. The number of hydrogen-bond donors (Lipinski definition) is 2. The Kier molecular flexibility index (Phi) is 2.73. The summed E-state index contributed by atoms with van der Waals surface area (Å²) in [5.74, 6) is -0.586. The van der Waals surface area contributed by atoms with Crippen molar-refractivity contribution < 1.29 is 9.18 Å². The lowest BCUT2D eigenvalue weighted by Gasteiger charge is -2.13. The first kappa shape index (κ1) is 10.4. The third-order valence-corrected chi connectivity index (χ3v) is 2.46. The summed E-state index contributed by atoms with van der Waals surface area (Å²) < 4.78 is 13.3.